The van der Waals surface area contributed by atoms with E-state index in [1.54, 1.807) is 99.4 Å². The first-order valence-corrected chi connectivity index (χ1v) is 45.5. The van der Waals surface area contributed by atoms with Crippen LogP contribution in [0.25, 0.3) is 77.2 Å². The highest BCUT2D eigenvalue weighted by atomic mass is 32.1. The second kappa shape index (κ2) is 57.0. The summed E-state index contributed by atoms with van der Waals surface area (Å²) in [5.74, 6) is -0.190. The normalized spacial score (nSPS) is 13.9. The van der Waals surface area contributed by atoms with Crippen LogP contribution in [0.1, 0.15) is 140 Å². The molecule has 130 heavy (non-hydrogen) atoms. The molecule has 0 spiro atoms. The number of thiophene rings is 2. The maximum atomic E-state index is 10.7. The van der Waals surface area contributed by atoms with Gasteiger partial charge in [-0.15, -0.1) is 22.7 Å². The molecular weight excluding hydrogens is 1680 g/mol. The average Bonchev–Trinajstić information content (AvgIpc) is 1.20. The molecule has 2 aliphatic carbocycles. The zero-order valence-electron chi connectivity index (χ0n) is 76.8. The number of likely N-dealkylation sites (tertiary alicyclic amines) is 1. The van der Waals surface area contributed by atoms with E-state index in [1.807, 2.05) is 164 Å². The number of ether oxygens (including phenoxy) is 1. The van der Waals surface area contributed by atoms with Crippen LogP contribution in [0.4, 0.5) is 0 Å². The minimum Gasteiger partial charge on any atom is -0.507 e. The Kier molecular flexibility index (Phi) is 45.9. The van der Waals surface area contributed by atoms with Gasteiger partial charge in [-0.3, -0.25) is 39.3 Å². The van der Waals surface area contributed by atoms with E-state index in [9.17, 15) is 39.6 Å². The Labute approximate surface area is 771 Å². The SMILES string of the molecule is CC(C(=O)O)N1CCCC1.CCN(CC)CC(C)=O.CCOCc1ccc(O)c2ncccc12.CN(C)C1CCCCC1N(C)C.CN(C)CCCN.Cc1ccc2cccnc2c1O.O=C(O)c1cc2c(s1)CCCCC2.O=C(O)c1cc2ccccc2s1.Oc1ccccc1-c1ccno1.Oc1ccccc1-c1nc2ccccc2o1.c1ccc(-c2ccccn2)nc1. The van der Waals surface area contributed by atoms with Crippen LogP contribution in [0.15, 0.2) is 240 Å². The van der Waals surface area contributed by atoms with Crippen molar-refractivity contribution in [2.75, 3.05) is 94.7 Å². The summed E-state index contributed by atoms with van der Waals surface area (Å²) in [6.45, 7) is 18.9. The summed E-state index contributed by atoms with van der Waals surface area (Å²) in [6, 6.07) is 62.2. The van der Waals surface area contributed by atoms with Gasteiger partial charge in [0.15, 0.2) is 11.3 Å². The van der Waals surface area contributed by atoms with Crippen LogP contribution in [-0.4, -0.2) is 227 Å². The van der Waals surface area contributed by atoms with Crippen molar-refractivity contribution in [2.45, 2.75) is 143 Å². The van der Waals surface area contributed by atoms with E-state index in [2.05, 4.69) is 106 Å². The number of Topliss-reactive ketones (excluding diaryl/α,β-unsaturated/α-hetero) is 1. The Morgan fingerprint density at radius 1 is 0.569 bits per heavy atom. The van der Waals surface area contributed by atoms with Gasteiger partial charge in [-0.05, 0) is 286 Å². The topological polar surface area (TPSA) is 365 Å². The average molecular weight is 1810 g/mol. The van der Waals surface area contributed by atoms with E-state index < -0.39 is 17.9 Å². The number of nitrogens with zero attached hydrogens (tertiary/aromatic N) is 11. The molecule has 26 nitrogen and oxygen atoms in total. The largest absolute Gasteiger partial charge is 0.507 e. The fourth-order valence-electron chi connectivity index (χ4n) is 14.1. The number of hydrogen-bond acceptors (Lipinski definition) is 25. The van der Waals surface area contributed by atoms with Gasteiger partial charge in [0.05, 0.1) is 41.9 Å². The molecule has 1 saturated carbocycles. The molecule has 1 aliphatic heterocycles. The van der Waals surface area contributed by atoms with Gasteiger partial charge in [-0.2, -0.15) is 0 Å². The summed E-state index contributed by atoms with van der Waals surface area (Å²) in [6.07, 6.45) is 23.3. The molecular formula is C102H128N12O14S2. The number of para-hydroxylation sites is 4. The van der Waals surface area contributed by atoms with Gasteiger partial charge in [-0.1, -0.05) is 135 Å². The zero-order chi connectivity index (χ0) is 94.3. The number of aromatic hydroxyl groups is 4. The number of benzene rings is 6. The Morgan fingerprint density at radius 2 is 1.14 bits per heavy atom. The highest BCUT2D eigenvalue weighted by molar-refractivity contribution is 7.20. The van der Waals surface area contributed by atoms with Gasteiger partial charge in [0.2, 0.25) is 5.89 Å². The number of phenols is 4. The van der Waals surface area contributed by atoms with Crippen LogP contribution in [0.5, 0.6) is 23.0 Å². The number of fused-ring (bicyclic) bond motifs is 5. The van der Waals surface area contributed by atoms with Gasteiger partial charge < -0.3 is 69.9 Å². The molecule has 6 aromatic carbocycles. The fourth-order valence-corrected chi connectivity index (χ4v) is 16.1. The summed E-state index contributed by atoms with van der Waals surface area (Å²) in [5, 5.41) is 70.9. The van der Waals surface area contributed by atoms with Crippen molar-refractivity contribution in [3.05, 3.63) is 262 Å². The number of carboxylic acid groups (broad SMARTS) is 3. The summed E-state index contributed by atoms with van der Waals surface area (Å²) in [4.78, 5) is 76.4. The van der Waals surface area contributed by atoms with Gasteiger partial charge in [0, 0.05) is 69.9 Å². The first-order valence-electron chi connectivity index (χ1n) is 43.9. The Balaban J connectivity index is 0.000000197. The molecule has 3 aliphatic rings. The van der Waals surface area contributed by atoms with E-state index in [1.165, 1.54) is 78.1 Å². The first kappa shape index (κ1) is 105. The predicted octanol–water partition coefficient (Wildman–Crippen LogP) is 20.2. The van der Waals surface area contributed by atoms with E-state index in [4.69, 9.17) is 34.7 Å². The monoisotopic (exact) mass is 1810 g/mol. The number of nitrogens with two attached hydrogens (primary N) is 1. The lowest BCUT2D eigenvalue weighted by atomic mass is 9.89. The fraction of sp³-hybridized carbons (Fsp3) is 0.353. The van der Waals surface area contributed by atoms with Crippen LogP contribution < -0.4 is 5.73 Å². The molecule has 3 atom stereocenters. The molecule has 17 rings (SSSR count). The van der Waals surface area contributed by atoms with Crippen LogP contribution in [0.3, 0.4) is 0 Å². The number of likely N-dealkylation sites (N-methyl/N-ethyl adjacent to an activating group) is 3. The maximum absolute atomic E-state index is 10.7. The van der Waals surface area contributed by atoms with Crippen molar-refractivity contribution in [3.8, 4) is 57.2 Å². The molecule has 9 heterocycles. The number of rotatable bonds is 19. The van der Waals surface area contributed by atoms with Crippen molar-refractivity contribution >= 4 is 89.4 Å². The second-order valence-corrected chi connectivity index (χ2v) is 33.7. The van der Waals surface area contributed by atoms with Crippen LogP contribution in [0, 0.1) is 6.92 Å². The predicted molar refractivity (Wildman–Crippen MR) is 522 cm³/mol. The van der Waals surface area contributed by atoms with Gasteiger partial charge in [0.1, 0.15) is 61.1 Å². The molecule has 0 radical (unpaired) electrons. The van der Waals surface area contributed by atoms with Crippen LogP contribution >= 0.6 is 22.7 Å². The van der Waals surface area contributed by atoms with Crippen LogP contribution in [-0.2, 0) is 33.8 Å². The number of aliphatic carboxylic acids is 1. The Bertz CT molecular complexity index is 5500. The lowest BCUT2D eigenvalue weighted by Crippen LogP contribution is -2.48. The lowest BCUT2D eigenvalue weighted by molar-refractivity contribution is -0.142. The quantitative estimate of drug-likeness (QED) is 0.0349. The summed E-state index contributed by atoms with van der Waals surface area (Å²) < 4.78 is 16.8. The summed E-state index contributed by atoms with van der Waals surface area (Å²) >= 11 is 2.76. The highest BCUT2D eigenvalue weighted by Gasteiger charge is 2.28. The zero-order valence-corrected chi connectivity index (χ0v) is 78.5. The minimum absolute atomic E-state index is 0.175. The van der Waals surface area contributed by atoms with E-state index in [0.29, 0.717) is 63.3 Å². The number of hydrogen-bond donors (Lipinski definition) is 8. The van der Waals surface area contributed by atoms with E-state index in [0.717, 1.165) is 138 Å². The van der Waals surface area contributed by atoms with Crippen LogP contribution in [0.2, 0.25) is 0 Å². The third-order valence-corrected chi connectivity index (χ3v) is 23.5. The van der Waals surface area contributed by atoms with E-state index in [-0.39, 0.29) is 34.8 Å². The summed E-state index contributed by atoms with van der Waals surface area (Å²) in [5.41, 5.74) is 14.4. The maximum Gasteiger partial charge on any atom is 0.345 e. The number of ketones is 1. The third-order valence-electron chi connectivity index (χ3n) is 21.2. The number of aromatic carboxylic acids is 2. The number of aromatic nitrogens is 6. The molecule has 1 saturated heterocycles. The number of carbonyl (C=O) groups excluding carboxylic acids is 1. The number of pyridine rings is 4. The Hall–Kier alpha value is -12.2. The van der Waals surface area contributed by atoms with Crippen molar-refractivity contribution in [2.24, 2.45) is 5.73 Å². The van der Waals surface area contributed by atoms with E-state index >= 15 is 0 Å². The smallest absolute Gasteiger partial charge is 0.345 e. The molecule has 9 N–H and O–H groups in total. The Morgan fingerprint density at radius 3 is 1.68 bits per heavy atom. The highest BCUT2D eigenvalue weighted by Crippen LogP contribution is 2.34. The molecule has 0 bridgehead atoms. The standard InChI is InChI=1S/C13H9NO2.C12H13NO2.C10H8N2.C10H22N2.C10H9NO.C10H12O2S.C9H7NO2.C9H6O2S.C7H13NO2.C7H15NO.C5H14N2/c15-11-7-3-1-5-9(11)13-14-10-6-2-4-8-12(10)16-13;1-2-15-8-9-5-6-11(14)12-10(9)4-3-7-13-12;1-3-7-11-9(5-1)10-6-2-4-8-12-10;1-11(2)9-7-5-6-8-10(9)12(3)4;1-7-4-5-8-3-2-6-11-9(8)10(7)12;11-10(12)9-6-7-4-2-1-3-5-8(7)13-9;11-8-4-2-1-3-7(8)9-5-6-10-12-9;10-9(11)8-5-6-3-1-2-4-7(6)12-8;1-6(7(9)10)8-4-2-3-5-8;1-4-8(5-2)6-7(3)9;1-7(2)5-3-4-6/h1-8,15H;3-7,14H,2,8H2,1H3;1-8H;9-10H,5-8H2,1-4H3;2-6,12H,1H3;6H,1-5H2,(H,11,12);1-6,11H;1-5H,(H,10,11);6H,2-5H2,1H3,(H,9,10);4-6H2,1-3H3;3-6H2,1-2H3. The number of oxazole rings is 1. The van der Waals surface area contributed by atoms with Gasteiger partial charge >= 0.3 is 17.9 Å². The minimum atomic E-state index is -0.851. The molecule has 28 heteroatoms. The van der Waals surface area contributed by atoms with Crippen molar-refractivity contribution in [1.82, 2.24) is 54.6 Å². The van der Waals surface area contributed by atoms with Crippen molar-refractivity contribution in [3.63, 3.8) is 0 Å². The second-order valence-electron chi connectivity index (χ2n) is 31.5. The molecule has 2 fully saturated rings. The van der Waals surface area contributed by atoms with Crippen molar-refractivity contribution < 1.29 is 68.6 Å². The first-order chi connectivity index (χ1) is 62.7. The molecule has 14 aromatic rings. The van der Waals surface area contributed by atoms with Crippen molar-refractivity contribution in [1.29, 1.82) is 0 Å². The summed E-state index contributed by atoms with van der Waals surface area (Å²) in [7, 11) is 12.9. The molecule has 0 amide bonds. The number of carboxylic acids is 3. The van der Waals surface area contributed by atoms with Gasteiger partial charge in [0.25, 0.3) is 0 Å². The van der Waals surface area contributed by atoms with Gasteiger partial charge in [-0.25, -0.2) is 14.6 Å². The molecule has 8 aromatic heterocycles. The number of aryl methyl sites for hydroxylation is 3. The molecule has 692 valence electrons. The third kappa shape index (κ3) is 35.0. The molecule has 3 unspecified atom stereocenters. The number of phenolic OH excluding ortho intramolecular Hbond substituents is 4. The lowest BCUT2D eigenvalue weighted by Gasteiger charge is -2.39. The number of carbonyl (C=O) groups is 4.